The largest absolute Gasteiger partial charge is 0.341 e. The second-order valence-electron chi connectivity index (χ2n) is 12.0. The fraction of sp³-hybridized carbons (Fsp3) is 0.333. The molecule has 2 saturated carbocycles. The zero-order chi connectivity index (χ0) is 24.8. The van der Waals surface area contributed by atoms with Crippen LogP contribution < -0.4 is 10.6 Å². The van der Waals surface area contributed by atoms with Crippen LogP contribution in [0.1, 0.15) is 49.5 Å². The number of hydrogen-bond donors (Lipinski definition) is 3. The van der Waals surface area contributed by atoms with Crippen molar-refractivity contribution in [3.05, 3.63) is 84.4 Å². The molecule has 5 aliphatic rings. The Hall–Kier alpha value is -3.54. The molecule has 1 aromatic heterocycles. The summed E-state index contributed by atoms with van der Waals surface area (Å²) < 4.78 is 0. The maximum Gasteiger partial charge on any atom is 0.123 e. The molecule has 5 heteroatoms. The van der Waals surface area contributed by atoms with Crippen LogP contribution >= 0.6 is 0 Å². The van der Waals surface area contributed by atoms with Crippen molar-refractivity contribution in [2.24, 2.45) is 16.8 Å². The molecule has 3 aromatic carbocycles. The molecule has 3 N–H and O–H groups in total. The molecule has 2 aliphatic carbocycles. The molecule has 0 radical (unpaired) electrons. The van der Waals surface area contributed by atoms with Gasteiger partial charge in [0, 0.05) is 42.0 Å². The van der Waals surface area contributed by atoms with E-state index in [4.69, 9.17) is 9.98 Å². The number of imidazole rings is 1. The predicted molar refractivity (Wildman–Crippen MR) is 153 cm³/mol. The Morgan fingerprint density at radius 3 is 2.11 bits per heavy atom. The molecule has 188 valence electrons. The maximum absolute atomic E-state index is 4.80. The SMILES string of the molecule is C1=C(c2ccc(-c3cccc4c(-c5cnc([C@@H]6C[C@H]7C[C@H]7N6)[nH]5)cccc34)cc2)CC([C@@H]2C[C@H]3C[C@H]3N2)=N1. The van der Waals surface area contributed by atoms with Gasteiger partial charge < -0.3 is 15.6 Å². The summed E-state index contributed by atoms with van der Waals surface area (Å²) in [5, 5.41) is 9.99. The smallest absolute Gasteiger partial charge is 0.123 e. The van der Waals surface area contributed by atoms with E-state index < -0.39 is 0 Å². The van der Waals surface area contributed by atoms with Crippen LogP contribution in [-0.2, 0) is 0 Å². The Kier molecular flexibility index (Phi) is 4.49. The van der Waals surface area contributed by atoms with E-state index in [0.717, 1.165) is 41.9 Å². The van der Waals surface area contributed by atoms with Gasteiger partial charge in [-0.1, -0.05) is 60.7 Å². The van der Waals surface area contributed by atoms with Gasteiger partial charge in [0.05, 0.1) is 17.9 Å². The molecular formula is C33H31N5. The standard InChI is InChI=1S/C33H31N5/c1-3-23(19-9-7-18(8-10-19)22-15-29(34-16-22)30-13-20-11-27(20)36-30)24-4-2-6-26(25(24)5-1)32-17-35-33(38-32)31-14-21-12-28(21)37-31/h1-10,16-17,20-21,27-28,30-31,36-37H,11-15H2,(H,35,38)/t20-,21-,27-,28-,30+,31+/m1/s1. The molecule has 4 fully saturated rings. The minimum Gasteiger partial charge on any atom is -0.341 e. The summed E-state index contributed by atoms with van der Waals surface area (Å²) in [7, 11) is 0. The van der Waals surface area contributed by atoms with Gasteiger partial charge >= 0.3 is 0 Å². The van der Waals surface area contributed by atoms with Crippen molar-refractivity contribution < 1.29 is 0 Å². The maximum atomic E-state index is 4.80. The number of aliphatic imine (C=N–C) groups is 1. The quantitative estimate of drug-likeness (QED) is 0.305. The van der Waals surface area contributed by atoms with Crippen molar-refractivity contribution in [1.29, 1.82) is 0 Å². The van der Waals surface area contributed by atoms with Gasteiger partial charge in [-0.2, -0.15) is 0 Å². The Morgan fingerprint density at radius 1 is 0.684 bits per heavy atom. The number of benzene rings is 3. The average Bonchev–Trinajstić information content (AvgIpc) is 3.52. The first-order valence-electron chi connectivity index (χ1n) is 14.2. The van der Waals surface area contributed by atoms with Gasteiger partial charge in [-0.3, -0.25) is 4.99 Å². The van der Waals surface area contributed by atoms with Crippen LogP contribution in [0.25, 0.3) is 38.7 Å². The second-order valence-corrected chi connectivity index (χ2v) is 12.0. The fourth-order valence-electron chi connectivity index (χ4n) is 7.25. The van der Waals surface area contributed by atoms with E-state index in [9.17, 15) is 0 Å². The normalized spacial score (nSPS) is 30.7. The van der Waals surface area contributed by atoms with E-state index in [1.807, 2.05) is 6.20 Å². The highest BCUT2D eigenvalue weighted by atomic mass is 15.1. The molecule has 3 aliphatic heterocycles. The van der Waals surface area contributed by atoms with E-state index >= 15 is 0 Å². The summed E-state index contributed by atoms with van der Waals surface area (Å²) in [5.41, 5.74) is 8.74. The number of rotatable bonds is 5. The number of piperidine rings is 2. The van der Waals surface area contributed by atoms with Crippen molar-refractivity contribution in [3.63, 3.8) is 0 Å². The highest BCUT2D eigenvalue weighted by Crippen LogP contribution is 2.46. The molecule has 0 bridgehead atoms. The monoisotopic (exact) mass is 497 g/mol. The third-order valence-corrected chi connectivity index (χ3v) is 9.62. The van der Waals surface area contributed by atoms with Crippen LogP contribution in [0.5, 0.6) is 0 Å². The first-order valence-corrected chi connectivity index (χ1v) is 14.2. The highest BCUT2D eigenvalue weighted by Gasteiger charge is 2.47. The minimum absolute atomic E-state index is 0.369. The predicted octanol–water partition coefficient (Wildman–Crippen LogP) is 6.26. The third-order valence-electron chi connectivity index (χ3n) is 9.62. The van der Waals surface area contributed by atoms with Crippen LogP contribution in [0.4, 0.5) is 0 Å². The van der Waals surface area contributed by atoms with Crippen LogP contribution in [0, 0.1) is 11.8 Å². The number of nitrogens with zero attached hydrogens (tertiary/aromatic N) is 2. The van der Waals surface area contributed by atoms with Crippen molar-refractivity contribution in [3.8, 4) is 22.4 Å². The van der Waals surface area contributed by atoms with Crippen LogP contribution in [0.15, 0.2) is 78.1 Å². The summed E-state index contributed by atoms with van der Waals surface area (Å²) in [6, 6.07) is 24.7. The molecule has 0 spiro atoms. The van der Waals surface area contributed by atoms with Gasteiger partial charge in [0.15, 0.2) is 0 Å². The molecule has 2 saturated heterocycles. The number of H-pyrrole nitrogens is 1. The molecule has 9 rings (SSSR count). The third kappa shape index (κ3) is 3.45. The molecular weight excluding hydrogens is 466 g/mol. The summed E-state index contributed by atoms with van der Waals surface area (Å²) in [5.74, 6) is 2.83. The lowest BCUT2D eigenvalue weighted by molar-refractivity contribution is 0.543. The van der Waals surface area contributed by atoms with E-state index in [0.29, 0.717) is 12.1 Å². The van der Waals surface area contributed by atoms with E-state index in [1.165, 1.54) is 70.0 Å². The first kappa shape index (κ1) is 21.4. The molecule has 0 unspecified atom stereocenters. The number of aromatic nitrogens is 2. The van der Waals surface area contributed by atoms with Crippen LogP contribution in [0.2, 0.25) is 0 Å². The molecule has 38 heavy (non-hydrogen) atoms. The van der Waals surface area contributed by atoms with Crippen molar-refractivity contribution in [2.75, 3.05) is 0 Å². The zero-order valence-electron chi connectivity index (χ0n) is 21.3. The zero-order valence-corrected chi connectivity index (χ0v) is 21.3. The van der Waals surface area contributed by atoms with Crippen LogP contribution in [0.3, 0.4) is 0 Å². The first-order chi connectivity index (χ1) is 18.8. The summed E-state index contributed by atoms with van der Waals surface area (Å²) >= 11 is 0. The van der Waals surface area contributed by atoms with Gasteiger partial charge in [-0.25, -0.2) is 4.98 Å². The van der Waals surface area contributed by atoms with Crippen LogP contribution in [-0.4, -0.2) is 33.8 Å². The molecule has 4 aromatic rings. The van der Waals surface area contributed by atoms with E-state index in [1.54, 1.807) is 0 Å². The Balaban J connectivity index is 0.983. The van der Waals surface area contributed by atoms with E-state index in [2.05, 4.69) is 82.5 Å². The number of aromatic amines is 1. The van der Waals surface area contributed by atoms with Gasteiger partial charge in [0.1, 0.15) is 5.82 Å². The van der Waals surface area contributed by atoms with Gasteiger partial charge in [-0.15, -0.1) is 0 Å². The van der Waals surface area contributed by atoms with Crippen molar-refractivity contribution >= 4 is 22.1 Å². The number of fused-ring (bicyclic) bond motifs is 3. The lowest BCUT2D eigenvalue weighted by atomic mass is 9.93. The highest BCUT2D eigenvalue weighted by molar-refractivity contribution is 6.04. The summed E-state index contributed by atoms with van der Waals surface area (Å²) in [6.45, 7) is 0. The van der Waals surface area contributed by atoms with E-state index in [-0.39, 0.29) is 0 Å². The molecule has 0 amide bonds. The Bertz CT molecular complexity index is 1620. The Morgan fingerprint density at radius 2 is 1.37 bits per heavy atom. The Labute approximate surface area is 222 Å². The van der Waals surface area contributed by atoms with Crippen molar-refractivity contribution in [2.45, 2.75) is 56.3 Å². The van der Waals surface area contributed by atoms with Gasteiger partial charge in [0.25, 0.3) is 0 Å². The lowest BCUT2D eigenvalue weighted by Crippen LogP contribution is -2.33. The topological polar surface area (TPSA) is 65.1 Å². The summed E-state index contributed by atoms with van der Waals surface area (Å²) in [6.07, 6.45) is 10.2. The second kappa shape index (κ2) is 7.98. The number of allylic oxidation sites excluding steroid dienone is 1. The fourth-order valence-corrected chi connectivity index (χ4v) is 7.25. The summed E-state index contributed by atoms with van der Waals surface area (Å²) in [4.78, 5) is 13.2. The number of hydrogen-bond acceptors (Lipinski definition) is 4. The van der Waals surface area contributed by atoms with Gasteiger partial charge in [0.2, 0.25) is 0 Å². The molecule has 5 nitrogen and oxygen atoms in total. The minimum atomic E-state index is 0.369. The molecule has 4 heterocycles. The lowest BCUT2D eigenvalue weighted by Gasteiger charge is -2.14. The van der Waals surface area contributed by atoms with Gasteiger partial charge in [-0.05, 0) is 70.6 Å². The number of nitrogens with one attached hydrogen (secondary N) is 3. The molecule has 6 atom stereocenters. The van der Waals surface area contributed by atoms with Crippen molar-refractivity contribution in [1.82, 2.24) is 20.6 Å². The average molecular weight is 498 g/mol.